The Bertz CT molecular complexity index is 280. The number of hydrogen-bond acceptors (Lipinski definition) is 4. The van der Waals surface area contributed by atoms with Gasteiger partial charge in [-0.25, -0.2) is 0 Å². The Kier molecular flexibility index (Phi) is 6.09. The number of amides is 2. The van der Waals surface area contributed by atoms with E-state index in [4.69, 9.17) is 16.6 Å². The van der Waals surface area contributed by atoms with E-state index in [9.17, 15) is 14.4 Å². The van der Waals surface area contributed by atoms with Crippen molar-refractivity contribution < 1.29 is 19.5 Å². The highest BCUT2D eigenvalue weighted by Gasteiger charge is 2.21. The second-order valence-corrected chi connectivity index (χ2v) is 3.36. The number of carbonyl (C=O) groups excluding carboxylic acids is 2. The molecule has 0 bridgehead atoms. The first-order valence-corrected chi connectivity index (χ1v) is 4.93. The minimum atomic E-state index is -1.01. The van der Waals surface area contributed by atoms with Crippen LogP contribution in [0.2, 0.25) is 0 Å². The number of aliphatic carboxylic acids is 1. The third-order valence-corrected chi connectivity index (χ3v) is 2.03. The molecular weight excluding hydrogens is 214 g/mol. The van der Waals surface area contributed by atoms with E-state index in [-0.39, 0.29) is 19.4 Å². The first kappa shape index (κ1) is 14.4. The predicted molar refractivity (Wildman–Crippen MR) is 56.3 cm³/mol. The van der Waals surface area contributed by atoms with Gasteiger partial charge in [0.1, 0.15) is 0 Å². The third kappa shape index (κ3) is 5.30. The van der Waals surface area contributed by atoms with Gasteiger partial charge in [-0.2, -0.15) is 0 Å². The summed E-state index contributed by atoms with van der Waals surface area (Å²) in [6.07, 6.45) is -0.134. The zero-order valence-electron chi connectivity index (χ0n) is 9.18. The van der Waals surface area contributed by atoms with Gasteiger partial charge in [-0.3, -0.25) is 14.4 Å². The molecule has 0 rings (SSSR count). The molecule has 0 aromatic heterocycles. The van der Waals surface area contributed by atoms with E-state index in [0.29, 0.717) is 6.54 Å². The second-order valence-electron chi connectivity index (χ2n) is 3.36. The molecule has 7 nitrogen and oxygen atoms in total. The van der Waals surface area contributed by atoms with E-state index in [1.165, 1.54) is 4.90 Å². The van der Waals surface area contributed by atoms with Crippen LogP contribution in [0.3, 0.4) is 0 Å². The molecule has 0 saturated heterocycles. The van der Waals surface area contributed by atoms with Gasteiger partial charge in [-0.15, -0.1) is 0 Å². The molecule has 0 heterocycles. The van der Waals surface area contributed by atoms with Gasteiger partial charge >= 0.3 is 5.97 Å². The Hall–Kier alpha value is -1.63. The number of carboxylic acids is 1. The Morgan fingerprint density at radius 1 is 1.38 bits per heavy atom. The summed E-state index contributed by atoms with van der Waals surface area (Å²) < 4.78 is 0. The molecule has 0 aromatic rings. The summed E-state index contributed by atoms with van der Waals surface area (Å²) in [4.78, 5) is 33.8. The minimum Gasteiger partial charge on any atom is -0.481 e. The van der Waals surface area contributed by atoms with Crippen LogP contribution in [-0.4, -0.2) is 46.9 Å². The van der Waals surface area contributed by atoms with Crippen LogP contribution in [0.4, 0.5) is 0 Å². The summed E-state index contributed by atoms with van der Waals surface area (Å²) in [7, 11) is 0. The maximum absolute atomic E-state index is 11.6. The molecule has 0 saturated carbocycles. The molecule has 7 heteroatoms. The lowest BCUT2D eigenvalue weighted by Crippen LogP contribution is -2.47. The Morgan fingerprint density at radius 2 is 1.94 bits per heavy atom. The van der Waals surface area contributed by atoms with Gasteiger partial charge in [-0.1, -0.05) is 0 Å². The number of nitrogens with zero attached hydrogens (tertiary/aromatic N) is 1. The van der Waals surface area contributed by atoms with Gasteiger partial charge in [0.05, 0.1) is 12.6 Å². The molecule has 0 radical (unpaired) electrons. The van der Waals surface area contributed by atoms with E-state index >= 15 is 0 Å². The molecule has 0 aliphatic rings. The molecule has 5 N–H and O–H groups in total. The zero-order chi connectivity index (χ0) is 12.7. The fraction of sp³-hybridized carbons (Fsp3) is 0.667. The van der Waals surface area contributed by atoms with Crippen LogP contribution in [0.15, 0.2) is 0 Å². The highest BCUT2D eigenvalue weighted by molar-refractivity contribution is 5.87. The van der Waals surface area contributed by atoms with Gasteiger partial charge in [-0.05, 0) is 13.3 Å². The lowest BCUT2D eigenvalue weighted by atomic mass is 10.1. The van der Waals surface area contributed by atoms with Crippen LogP contribution in [0, 0.1) is 0 Å². The fourth-order valence-electron chi connectivity index (χ4n) is 1.17. The average Bonchev–Trinajstić information content (AvgIpc) is 2.21. The number of carbonyl (C=O) groups is 3. The fourth-order valence-corrected chi connectivity index (χ4v) is 1.17. The van der Waals surface area contributed by atoms with E-state index in [1.54, 1.807) is 6.92 Å². The number of primary amides is 1. The lowest BCUT2D eigenvalue weighted by Gasteiger charge is -2.22. The Balaban J connectivity index is 4.26. The molecule has 1 atom stereocenters. The first-order valence-electron chi connectivity index (χ1n) is 4.93. The van der Waals surface area contributed by atoms with Crippen molar-refractivity contribution in [1.29, 1.82) is 0 Å². The van der Waals surface area contributed by atoms with Crippen LogP contribution in [0.1, 0.15) is 19.8 Å². The standard InChI is InChI=1S/C9H17N3O4/c1-2-12(5-7(11)13)9(16)6(10)3-4-8(14)15/h6H,2-5,10H2,1H3,(H2,11,13)(H,14,15). The summed E-state index contributed by atoms with van der Waals surface area (Å²) in [5, 5.41) is 8.43. The van der Waals surface area contributed by atoms with E-state index < -0.39 is 23.8 Å². The van der Waals surface area contributed by atoms with Crippen LogP contribution in [-0.2, 0) is 14.4 Å². The highest BCUT2D eigenvalue weighted by atomic mass is 16.4. The van der Waals surface area contributed by atoms with Crippen LogP contribution in [0.5, 0.6) is 0 Å². The van der Waals surface area contributed by atoms with Gasteiger partial charge in [0.2, 0.25) is 11.8 Å². The molecule has 92 valence electrons. The van der Waals surface area contributed by atoms with Gasteiger partial charge < -0.3 is 21.5 Å². The van der Waals surface area contributed by atoms with E-state index in [2.05, 4.69) is 0 Å². The van der Waals surface area contributed by atoms with Crippen molar-refractivity contribution in [1.82, 2.24) is 4.90 Å². The van der Waals surface area contributed by atoms with Crippen molar-refractivity contribution in [3.8, 4) is 0 Å². The van der Waals surface area contributed by atoms with Crippen LogP contribution in [0.25, 0.3) is 0 Å². The Morgan fingerprint density at radius 3 is 2.31 bits per heavy atom. The van der Waals surface area contributed by atoms with Crippen molar-refractivity contribution >= 4 is 17.8 Å². The summed E-state index contributed by atoms with van der Waals surface area (Å²) >= 11 is 0. The van der Waals surface area contributed by atoms with E-state index in [0.717, 1.165) is 0 Å². The van der Waals surface area contributed by atoms with Crippen molar-refractivity contribution in [3.63, 3.8) is 0 Å². The number of nitrogens with two attached hydrogens (primary N) is 2. The lowest BCUT2D eigenvalue weighted by molar-refractivity contribution is -0.138. The van der Waals surface area contributed by atoms with Crippen molar-refractivity contribution in [3.05, 3.63) is 0 Å². The highest BCUT2D eigenvalue weighted by Crippen LogP contribution is 2.00. The molecule has 1 unspecified atom stereocenters. The molecule has 0 aliphatic carbocycles. The maximum Gasteiger partial charge on any atom is 0.303 e. The molecule has 0 spiro atoms. The molecule has 0 aliphatic heterocycles. The monoisotopic (exact) mass is 231 g/mol. The average molecular weight is 231 g/mol. The van der Waals surface area contributed by atoms with Crippen molar-refractivity contribution in [2.45, 2.75) is 25.8 Å². The second kappa shape index (κ2) is 6.78. The quantitative estimate of drug-likeness (QED) is 0.492. The smallest absolute Gasteiger partial charge is 0.303 e. The summed E-state index contributed by atoms with van der Waals surface area (Å²) in [6.45, 7) is 1.80. The van der Waals surface area contributed by atoms with Gasteiger partial charge in [0.15, 0.2) is 0 Å². The predicted octanol–water partition coefficient (Wildman–Crippen LogP) is -1.49. The van der Waals surface area contributed by atoms with E-state index in [1.807, 2.05) is 0 Å². The third-order valence-electron chi connectivity index (χ3n) is 2.03. The summed E-state index contributed by atoms with van der Waals surface area (Å²) in [6, 6.07) is -0.907. The largest absolute Gasteiger partial charge is 0.481 e. The van der Waals surface area contributed by atoms with Crippen LogP contribution < -0.4 is 11.5 Å². The first-order chi connectivity index (χ1) is 7.38. The number of hydrogen-bond donors (Lipinski definition) is 3. The number of likely N-dealkylation sites (N-methyl/N-ethyl adjacent to an activating group) is 1. The zero-order valence-corrected chi connectivity index (χ0v) is 9.18. The van der Waals surface area contributed by atoms with Crippen molar-refractivity contribution in [2.75, 3.05) is 13.1 Å². The summed E-state index contributed by atoms with van der Waals surface area (Å²) in [5.41, 5.74) is 10.5. The molecule has 0 aromatic carbocycles. The maximum atomic E-state index is 11.6. The van der Waals surface area contributed by atoms with Crippen LogP contribution >= 0.6 is 0 Å². The molecule has 0 fully saturated rings. The normalized spacial score (nSPS) is 11.9. The molecular formula is C9H17N3O4. The number of carboxylic acid groups (broad SMARTS) is 1. The minimum absolute atomic E-state index is 0.0451. The molecule has 16 heavy (non-hydrogen) atoms. The summed E-state index contributed by atoms with van der Waals surface area (Å²) in [5.74, 6) is -2.09. The number of rotatable bonds is 7. The topological polar surface area (TPSA) is 127 Å². The molecule has 2 amide bonds. The Labute approximate surface area is 93.4 Å². The van der Waals surface area contributed by atoms with Gasteiger partial charge in [0, 0.05) is 13.0 Å². The van der Waals surface area contributed by atoms with Gasteiger partial charge in [0.25, 0.3) is 0 Å². The SMILES string of the molecule is CCN(CC(N)=O)C(=O)C(N)CCC(=O)O. The van der Waals surface area contributed by atoms with Crippen molar-refractivity contribution in [2.24, 2.45) is 11.5 Å².